The average Bonchev–Trinajstić information content (AvgIpc) is 3.06. The van der Waals surface area contributed by atoms with Crippen molar-refractivity contribution in [2.24, 2.45) is 5.92 Å². The summed E-state index contributed by atoms with van der Waals surface area (Å²) in [4.78, 5) is 15.5. The van der Waals surface area contributed by atoms with Crippen molar-refractivity contribution in [1.82, 2.24) is 9.62 Å². The van der Waals surface area contributed by atoms with Crippen molar-refractivity contribution in [3.63, 3.8) is 0 Å². The Morgan fingerprint density at radius 2 is 2.00 bits per heavy atom. The van der Waals surface area contributed by atoms with E-state index < -0.39 is 26.8 Å². The monoisotopic (exact) mass is 396 g/mol. The van der Waals surface area contributed by atoms with Crippen molar-refractivity contribution in [3.8, 4) is 0 Å². The second-order valence-electron chi connectivity index (χ2n) is 6.65. The topological polar surface area (TPSA) is 66.5 Å². The first-order chi connectivity index (χ1) is 12.3. The molecule has 3 rings (SSSR count). The normalized spacial score (nSPS) is 15.8. The zero-order valence-corrected chi connectivity index (χ0v) is 16.2. The van der Waals surface area contributed by atoms with Crippen molar-refractivity contribution in [2.45, 2.75) is 37.8 Å². The van der Waals surface area contributed by atoms with Gasteiger partial charge in [0, 0.05) is 18.0 Å². The van der Waals surface area contributed by atoms with E-state index in [1.54, 1.807) is 30.1 Å². The average molecular weight is 397 g/mol. The molecule has 0 saturated heterocycles. The molecule has 2 aromatic rings. The third-order valence-electron chi connectivity index (χ3n) is 4.46. The molecule has 0 radical (unpaired) electrons. The van der Waals surface area contributed by atoms with Crippen LogP contribution in [0, 0.1) is 11.7 Å². The molecule has 1 aliphatic heterocycles. The quantitative estimate of drug-likeness (QED) is 0.845. The van der Waals surface area contributed by atoms with Gasteiger partial charge in [-0.3, -0.25) is 4.79 Å². The minimum Gasteiger partial charge on any atom is -0.337 e. The zero-order valence-electron chi connectivity index (χ0n) is 14.6. The van der Waals surface area contributed by atoms with Crippen LogP contribution in [0.3, 0.4) is 0 Å². The van der Waals surface area contributed by atoms with Crippen LogP contribution in [0.2, 0.25) is 0 Å². The molecule has 0 aliphatic carbocycles. The molecule has 0 saturated carbocycles. The number of carbonyl (C=O) groups excluding carboxylic acids is 1. The lowest BCUT2D eigenvalue weighted by atomic mass is 10.0. The summed E-state index contributed by atoms with van der Waals surface area (Å²) in [5.41, 5.74) is 1.11. The van der Waals surface area contributed by atoms with E-state index >= 15 is 0 Å². The molecular weight excluding hydrogens is 375 g/mol. The molecule has 0 bridgehead atoms. The fourth-order valence-electron chi connectivity index (χ4n) is 3.00. The van der Waals surface area contributed by atoms with Gasteiger partial charge in [0.25, 0.3) is 0 Å². The highest BCUT2D eigenvalue weighted by Crippen LogP contribution is 2.25. The first-order valence-corrected chi connectivity index (χ1v) is 10.8. The van der Waals surface area contributed by atoms with Crippen LogP contribution in [0.15, 0.2) is 40.6 Å². The molecule has 1 aliphatic rings. The highest BCUT2D eigenvalue weighted by Gasteiger charge is 2.34. The lowest BCUT2D eigenvalue weighted by molar-refractivity contribution is -0.134. The summed E-state index contributed by atoms with van der Waals surface area (Å²) < 4.78 is 41.5. The molecule has 0 spiro atoms. The van der Waals surface area contributed by atoms with Crippen LogP contribution in [0.1, 0.15) is 24.3 Å². The number of halogens is 1. The van der Waals surface area contributed by atoms with E-state index in [1.807, 2.05) is 11.4 Å². The maximum Gasteiger partial charge on any atom is 0.244 e. The number of thiophene rings is 1. The molecule has 26 heavy (non-hydrogen) atoms. The molecule has 2 heterocycles. The van der Waals surface area contributed by atoms with Crippen molar-refractivity contribution < 1.29 is 17.6 Å². The molecule has 1 N–H and O–H groups in total. The highest BCUT2D eigenvalue weighted by molar-refractivity contribution is 7.89. The summed E-state index contributed by atoms with van der Waals surface area (Å²) in [6, 6.07) is 6.20. The second-order valence-corrected chi connectivity index (χ2v) is 9.34. The predicted molar refractivity (Wildman–Crippen MR) is 98.8 cm³/mol. The van der Waals surface area contributed by atoms with Crippen molar-refractivity contribution in [1.29, 1.82) is 0 Å². The van der Waals surface area contributed by atoms with Gasteiger partial charge < -0.3 is 4.90 Å². The van der Waals surface area contributed by atoms with Gasteiger partial charge in [-0.2, -0.15) is 4.72 Å². The standard InChI is InChI=1S/C18H21FN2O3S2/c1-12(2)17(20-26(23,24)16-6-4-3-5-14(16)19)18(22)21-9-7-15-13(11-21)8-10-25-15/h3-6,8,10,12,17,20H,7,9,11H2,1-2H3/t17-/m0/s1. The maximum absolute atomic E-state index is 13.9. The molecule has 5 nitrogen and oxygen atoms in total. The summed E-state index contributed by atoms with van der Waals surface area (Å²) in [6.07, 6.45) is 0.767. The molecule has 1 atom stereocenters. The zero-order chi connectivity index (χ0) is 18.9. The summed E-state index contributed by atoms with van der Waals surface area (Å²) >= 11 is 1.67. The Labute approximate surface area is 156 Å². The van der Waals surface area contributed by atoms with Gasteiger partial charge in [0.15, 0.2) is 0 Å². The molecule has 1 aromatic heterocycles. The van der Waals surface area contributed by atoms with Crippen LogP contribution in [0.4, 0.5) is 4.39 Å². The van der Waals surface area contributed by atoms with Crippen LogP contribution in [0.25, 0.3) is 0 Å². The molecule has 0 fully saturated rings. The number of nitrogens with one attached hydrogen (secondary N) is 1. The van der Waals surface area contributed by atoms with E-state index in [0.717, 1.165) is 18.1 Å². The summed E-state index contributed by atoms with van der Waals surface area (Å²) in [5, 5.41) is 2.00. The number of hydrogen-bond donors (Lipinski definition) is 1. The maximum atomic E-state index is 13.9. The van der Waals surface area contributed by atoms with Gasteiger partial charge in [0.05, 0.1) is 0 Å². The number of carbonyl (C=O) groups is 1. The molecule has 1 aromatic carbocycles. The van der Waals surface area contributed by atoms with E-state index in [2.05, 4.69) is 4.72 Å². The van der Waals surface area contributed by atoms with Crippen molar-refractivity contribution in [3.05, 3.63) is 52.0 Å². The number of rotatable bonds is 5. The highest BCUT2D eigenvalue weighted by atomic mass is 32.2. The van der Waals surface area contributed by atoms with Crippen LogP contribution < -0.4 is 4.72 Å². The number of benzene rings is 1. The van der Waals surface area contributed by atoms with E-state index in [0.29, 0.717) is 13.1 Å². The largest absolute Gasteiger partial charge is 0.337 e. The van der Waals surface area contributed by atoms with Crippen LogP contribution in [0.5, 0.6) is 0 Å². The predicted octanol–water partition coefficient (Wildman–Crippen LogP) is 2.78. The number of nitrogens with zero attached hydrogens (tertiary/aromatic N) is 1. The van der Waals surface area contributed by atoms with Gasteiger partial charge in [0.2, 0.25) is 15.9 Å². The third kappa shape index (κ3) is 3.82. The summed E-state index contributed by atoms with van der Waals surface area (Å²) in [5.74, 6) is -1.39. The van der Waals surface area contributed by atoms with E-state index in [9.17, 15) is 17.6 Å². The molecule has 8 heteroatoms. The summed E-state index contributed by atoms with van der Waals surface area (Å²) in [6.45, 7) is 4.57. The van der Waals surface area contributed by atoms with Gasteiger partial charge in [0.1, 0.15) is 16.8 Å². The minimum atomic E-state index is -4.14. The van der Waals surface area contributed by atoms with Crippen molar-refractivity contribution >= 4 is 27.3 Å². The van der Waals surface area contributed by atoms with Gasteiger partial charge in [-0.15, -0.1) is 11.3 Å². The van der Waals surface area contributed by atoms with Crippen molar-refractivity contribution in [2.75, 3.05) is 6.54 Å². The first-order valence-electron chi connectivity index (χ1n) is 8.40. The van der Waals surface area contributed by atoms with Gasteiger partial charge in [-0.1, -0.05) is 26.0 Å². The fourth-order valence-corrected chi connectivity index (χ4v) is 5.30. The SMILES string of the molecule is CC(C)[C@H](NS(=O)(=O)c1ccccc1F)C(=O)N1CCc2sccc2C1. The molecule has 1 amide bonds. The number of amides is 1. The number of hydrogen-bond acceptors (Lipinski definition) is 4. The molecule has 0 unspecified atom stereocenters. The van der Waals surface area contributed by atoms with Gasteiger partial charge in [-0.25, -0.2) is 12.8 Å². The fraction of sp³-hybridized carbons (Fsp3) is 0.389. The van der Waals surface area contributed by atoms with E-state index in [1.165, 1.54) is 23.1 Å². The third-order valence-corrected chi connectivity index (χ3v) is 6.96. The lowest BCUT2D eigenvalue weighted by Crippen LogP contribution is -2.52. The van der Waals surface area contributed by atoms with Crippen LogP contribution in [-0.2, 0) is 27.8 Å². The number of fused-ring (bicyclic) bond motifs is 1. The lowest BCUT2D eigenvalue weighted by Gasteiger charge is -2.32. The van der Waals surface area contributed by atoms with E-state index in [-0.39, 0.29) is 11.8 Å². The Morgan fingerprint density at radius 3 is 2.69 bits per heavy atom. The Hall–Kier alpha value is -1.77. The van der Waals surface area contributed by atoms with Gasteiger partial charge in [-0.05, 0) is 41.5 Å². The smallest absolute Gasteiger partial charge is 0.244 e. The Morgan fingerprint density at radius 1 is 1.27 bits per heavy atom. The van der Waals surface area contributed by atoms with Crippen LogP contribution in [-0.4, -0.2) is 31.8 Å². The second kappa shape index (κ2) is 7.46. The Balaban J connectivity index is 1.81. The molecule has 140 valence electrons. The van der Waals surface area contributed by atoms with E-state index in [4.69, 9.17) is 0 Å². The molecular formula is C18H21FN2O3S2. The Kier molecular flexibility index (Phi) is 5.45. The number of sulfonamides is 1. The Bertz CT molecular complexity index is 909. The summed E-state index contributed by atoms with van der Waals surface area (Å²) in [7, 11) is -4.14. The minimum absolute atomic E-state index is 0.270. The first kappa shape index (κ1) is 19.0. The van der Waals surface area contributed by atoms with Gasteiger partial charge >= 0.3 is 0 Å². The van der Waals surface area contributed by atoms with Crippen LogP contribution >= 0.6 is 11.3 Å².